The van der Waals surface area contributed by atoms with Crippen LogP contribution in [0.1, 0.15) is 24.6 Å². The fourth-order valence-electron chi connectivity index (χ4n) is 2.85. The van der Waals surface area contributed by atoms with Crippen LogP contribution in [0.15, 0.2) is 41.6 Å². The molecule has 122 valence electrons. The predicted octanol–water partition coefficient (Wildman–Crippen LogP) is 2.92. The number of amides is 1. The summed E-state index contributed by atoms with van der Waals surface area (Å²) in [5.41, 5.74) is 0. The average Bonchev–Trinajstić information content (AvgIpc) is 3.14. The minimum atomic E-state index is 0.189. The number of imidazole rings is 1. The van der Waals surface area contributed by atoms with E-state index in [1.54, 1.807) is 25.1 Å². The van der Waals surface area contributed by atoms with E-state index < -0.39 is 0 Å². The lowest BCUT2D eigenvalue weighted by Crippen LogP contribution is -2.40. The summed E-state index contributed by atoms with van der Waals surface area (Å²) in [7, 11) is 1.65. The highest BCUT2D eigenvalue weighted by atomic mass is 32.2. The Bertz CT molecular complexity index is 645. The van der Waals surface area contributed by atoms with Gasteiger partial charge >= 0.3 is 0 Å². The third-order valence-corrected chi connectivity index (χ3v) is 5.06. The van der Waals surface area contributed by atoms with Crippen LogP contribution in [-0.2, 0) is 4.79 Å². The molecular weight excluding hydrogens is 310 g/mol. The van der Waals surface area contributed by atoms with E-state index in [0.29, 0.717) is 11.7 Å². The second kappa shape index (κ2) is 7.55. The molecule has 2 heterocycles. The van der Waals surface area contributed by atoms with Crippen LogP contribution in [0.4, 0.5) is 0 Å². The lowest BCUT2D eigenvalue weighted by atomic mass is 9.97. The maximum absolute atomic E-state index is 12.5. The second-order valence-electron chi connectivity index (χ2n) is 5.62. The van der Waals surface area contributed by atoms with E-state index in [9.17, 15) is 4.79 Å². The molecule has 0 bridgehead atoms. The average molecular weight is 331 g/mol. The van der Waals surface area contributed by atoms with Crippen molar-refractivity contribution in [1.82, 2.24) is 14.9 Å². The molecule has 0 radical (unpaired) electrons. The van der Waals surface area contributed by atoms with Crippen molar-refractivity contribution in [3.63, 3.8) is 0 Å². The van der Waals surface area contributed by atoms with Gasteiger partial charge in [-0.15, -0.1) is 11.8 Å². The molecule has 2 aromatic rings. The Morgan fingerprint density at radius 2 is 2.43 bits per heavy atom. The zero-order chi connectivity index (χ0) is 16.1. The second-order valence-corrected chi connectivity index (χ2v) is 6.67. The lowest BCUT2D eigenvalue weighted by Gasteiger charge is -2.31. The molecule has 1 saturated heterocycles. The number of benzene rings is 1. The van der Waals surface area contributed by atoms with Gasteiger partial charge in [0.1, 0.15) is 11.6 Å². The molecule has 1 unspecified atom stereocenters. The Hall–Kier alpha value is -1.95. The Morgan fingerprint density at radius 1 is 1.52 bits per heavy atom. The summed E-state index contributed by atoms with van der Waals surface area (Å²) in [6.45, 7) is 1.60. The smallest absolute Gasteiger partial charge is 0.232 e. The molecule has 1 aliphatic rings. The molecule has 1 amide bonds. The molecule has 1 atom stereocenters. The van der Waals surface area contributed by atoms with Gasteiger partial charge in [-0.25, -0.2) is 4.98 Å². The molecule has 1 fully saturated rings. The molecule has 1 N–H and O–H groups in total. The Morgan fingerprint density at radius 3 is 3.22 bits per heavy atom. The first-order valence-corrected chi connectivity index (χ1v) is 8.78. The molecule has 3 rings (SSSR count). The Balaban J connectivity index is 1.55. The number of carbonyl (C=O) groups is 1. The number of hydrogen-bond donors (Lipinski definition) is 1. The van der Waals surface area contributed by atoms with Crippen LogP contribution in [0, 0.1) is 0 Å². The largest absolute Gasteiger partial charge is 0.497 e. The van der Waals surface area contributed by atoms with Crippen molar-refractivity contribution in [2.24, 2.45) is 0 Å². The SMILES string of the molecule is COc1cccc(SCC(=O)N2CCCC(c3ncc[nH]3)C2)c1. The molecule has 1 aromatic heterocycles. The maximum Gasteiger partial charge on any atom is 0.232 e. The number of rotatable bonds is 5. The van der Waals surface area contributed by atoms with Crippen LogP contribution in [0.3, 0.4) is 0 Å². The highest BCUT2D eigenvalue weighted by molar-refractivity contribution is 8.00. The van der Waals surface area contributed by atoms with Gasteiger partial charge in [0.25, 0.3) is 0 Å². The standard InChI is InChI=1S/C17H21N3O2S/c1-22-14-5-2-6-15(10-14)23-12-16(21)20-9-3-4-13(11-20)17-18-7-8-19-17/h2,5-8,10,13H,3-4,9,11-12H2,1H3,(H,18,19). The maximum atomic E-state index is 12.5. The van der Waals surface area contributed by atoms with E-state index in [1.165, 1.54) is 0 Å². The molecule has 6 heteroatoms. The number of carbonyl (C=O) groups excluding carboxylic acids is 1. The zero-order valence-corrected chi connectivity index (χ0v) is 14.0. The quantitative estimate of drug-likeness (QED) is 0.856. The minimum Gasteiger partial charge on any atom is -0.497 e. The first kappa shape index (κ1) is 15.9. The van der Waals surface area contributed by atoms with Crippen LogP contribution in [-0.4, -0.2) is 46.7 Å². The number of likely N-dealkylation sites (tertiary alicyclic amines) is 1. The number of hydrogen-bond acceptors (Lipinski definition) is 4. The first-order valence-electron chi connectivity index (χ1n) is 7.80. The monoisotopic (exact) mass is 331 g/mol. The van der Waals surface area contributed by atoms with Crippen molar-refractivity contribution in [3.8, 4) is 5.75 Å². The molecule has 5 nitrogen and oxygen atoms in total. The molecule has 1 aromatic carbocycles. The fourth-order valence-corrected chi connectivity index (χ4v) is 3.70. The summed E-state index contributed by atoms with van der Waals surface area (Å²) in [6, 6.07) is 7.81. The third-order valence-electron chi connectivity index (χ3n) is 4.08. The van der Waals surface area contributed by atoms with Gasteiger partial charge in [-0.2, -0.15) is 0 Å². The highest BCUT2D eigenvalue weighted by Gasteiger charge is 2.25. The van der Waals surface area contributed by atoms with Crippen molar-refractivity contribution in [2.45, 2.75) is 23.7 Å². The summed E-state index contributed by atoms with van der Waals surface area (Å²) < 4.78 is 5.21. The molecule has 1 aliphatic heterocycles. The first-order chi connectivity index (χ1) is 11.3. The number of ether oxygens (including phenoxy) is 1. The number of methoxy groups -OCH3 is 1. The van der Waals surface area contributed by atoms with Crippen LogP contribution in [0.2, 0.25) is 0 Å². The van der Waals surface area contributed by atoms with E-state index in [0.717, 1.165) is 42.4 Å². The number of nitrogens with one attached hydrogen (secondary N) is 1. The summed E-state index contributed by atoms with van der Waals surface area (Å²) in [6.07, 6.45) is 5.73. The number of aromatic amines is 1. The highest BCUT2D eigenvalue weighted by Crippen LogP contribution is 2.26. The van der Waals surface area contributed by atoms with Gasteiger partial charge in [-0.3, -0.25) is 4.79 Å². The van der Waals surface area contributed by atoms with Gasteiger partial charge < -0.3 is 14.6 Å². The minimum absolute atomic E-state index is 0.189. The summed E-state index contributed by atoms with van der Waals surface area (Å²) >= 11 is 1.56. The number of thioether (sulfide) groups is 1. The molecule has 0 spiro atoms. The summed E-state index contributed by atoms with van der Waals surface area (Å²) in [5.74, 6) is 2.78. The van der Waals surface area contributed by atoms with E-state index in [1.807, 2.05) is 35.4 Å². The van der Waals surface area contributed by atoms with Crippen LogP contribution >= 0.6 is 11.8 Å². The van der Waals surface area contributed by atoms with Gasteiger partial charge in [-0.1, -0.05) is 6.07 Å². The fraction of sp³-hybridized carbons (Fsp3) is 0.412. The molecular formula is C17H21N3O2S. The van der Waals surface area contributed by atoms with Crippen LogP contribution in [0.5, 0.6) is 5.75 Å². The summed E-state index contributed by atoms with van der Waals surface area (Å²) in [5, 5.41) is 0. The number of piperidine rings is 1. The van der Waals surface area contributed by atoms with E-state index in [2.05, 4.69) is 9.97 Å². The zero-order valence-electron chi connectivity index (χ0n) is 13.2. The summed E-state index contributed by atoms with van der Waals surface area (Å²) in [4.78, 5) is 23.0. The third kappa shape index (κ3) is 4.07. The van der Waals surface area contributed by atoms with Gasteiger partial charge in [0.05, 0.1) is 12.9 Å². The molecule has 23 heavy (non-hydrogen) atoms. The Labute approximate surface area is 140 Å². The van der Waals surface area contributed by atoms with E-state index >= 15 is 0 Å². The number of aromatic nitrogens is 2. The van der Waals surface area contributed by atoms with Crippen LogP contribution < -0.4 is 4.74 Å². The number of nitrogens with zero attached hydrogens (tertiary/aromatic N) is 2. The van der Waals surface area contributed by atoms with Gasteiger partial charge in [0.2, 0.25) is 5.91 Å². The van der Waals surface area contributed by atoms with Gasteiger partial charge in [0, 0.05) is 36.3 Å². The van der Waals surface area contributed by atoms with E-state index in [-0.39, 0.29) is 5.91 Å². The van der Waals surface area contributed by atoms with Crippen molar-refractivity contribution < 1.29 is 9.53 Å². The van der Waals surface area contributed by atoms with Crippen molar-refractivity contribution in [2.75, 3.05) is 26.0 Å². The predicted molar refractivity (Wildman–Crippen MR) is 90.9 cm³/mol. The Kier molecular flexibility index (Phi) is 5.23. The van der Waals surface area contributed by atoms with Crippen molar-refractivity contribution in [1.29, 1.82) is 0 Å². The van der Waals surface area contributed by atoms with Crippen LogP contribution in [0.25, 0.3) is 0 Å². The molecule has 0 aliphatic carbocycles. The normalized spacial score (nSPS) is 18.0. The van der Waals surface area contributed by atoms with Crippen molar-refractivity contribution >= 4 is 17.7 Å². The lowest BCUT2D eigenvalue weighted by molar-refractivity contribution is -0.129. The topological polar surface area (TPSA) is 58.2 Å². The van der Waals surface area contributed by atoms with Gasteiger partial charge in [0.15, 0.2) is 0 Å². The van der Waals surface area contributed by atoms with E-state index in [4.69, 9.17) is 4.74 Å². The molecule has 0 saturated carbocycles. The van der Waals surface area contributed by atoms with Crippen molar-refractivity contribution in [3.05, 3.63) is 42.5 Å². The van der Waals surface area contributed by atoms with Gasteiger partial charge in [-0.05, 0) is 31.0 Å². The number of H-pyrrole nitrogens is 1.